The van der Waals surface area contributed by atoms with Crippen molar-refractivity contribution in [1.82, 2.24) is 15.1 Å². The zero-order valence-electron chi connectivity index (χ0n) is 17.5. The molecule has 0 saturated carbocycles. The van der Waals surface area contributed by atoms with Gasteiger partial charge in [-0.25, -0.2) is 9.59 Å². The van der Waals surface area contributed by atoms with Crippen molar-refractivity contribution in [3.05, 3.63) is 60.2 Å². The summed E-state index contributed by atoms with van der Waals surface area (Å²) >= 11 is 0. The van der Waals surface area contributed by atoms with Crippen molar-refractivity contribution in [1.29, 1.82) is 0 Å². The number of carbonyl (C=O) groups is 4. The third kappa shape index (κ3) is 5.05. The standard InChI is InChI=1S/C23H25N5O4/c29-20-13-24-22(31)28(20)14-16-6-4-10-19(12-16)25-21(30)17-7-5-11-27(15-17)23(32)26-18-8-2-1-3-9-18/h1-4,6,8-10,12,17H,5,7,11,13-15H2,(H,24,31)(H,25,30)(H,26,32). The minimum atomic E-state index is -0.416. The zero-order chi connectivity index (χ0) is 22.5. The summed E-state index contributed by atoms with van der Waals surface area (Å²) in [5.41, 5.74) is 2.04. The number of carbonyl (C=O) groups excluding carboxylic acids is 4. The summed E-state index contributed by atoms with van der Waals surface area (Å²) in [5, 5.41) is 8.26. The van der Waals surface area contributed by atoms with E-state index in [-0.39, 0.29) is 36.9 Å². The summed E-state index contributed by atoms with van der Waals surface area (Å²) in [6.45, 7) is 1.09. The highest BCUT2D eigenvalue weighted by molar-refractivity contribution is 6.02. The normalized spacial score (nSPS) is 18.3. The van der Waals surface area contributed by atoms with Gasteiger partial charge >= 0.3 is 12.1 Å². The van der Waals surface area contributed by atoms with Gasteiger partial charge in [0.05, 0.1) is 19.0 Å². The molecule has 32 heavy (non-hydrogen) atoms. The van der Waals surface area contributed by atoms with E-state index in [1.807, 2.05) is 30.3 Å². The van der Waals surface area contributed by atoms with Crippen molar-refractivity contribution in [2.45, 2.75) is 19.4 Å². The summed E-state index contributed by atoms with van der Waals surface area (Å²) in [5.74, 6) is -0.755. The second-order valence-electron chi connectivity index (χ2n) is 7.91. The molecular formula is C23H25N5O4. The van der Waals surface area contributed by atoms with Gasteiger partial charge in [-0.2, -0.15) is 0 Å². The number of anilines is 2. The highest BCUT2D eigenvalue weighted by Crippen LogP contribution is 2.21. The molecule has 2 aromatic carbocycles. The summed E-state index contributed by atoms with van der Waals surface area (Å²) in [6, 6.07) is 15.7. The fourth-order valence-electron chi connectivity index (χ4n) is 3.89. The Labute approximate surface area is 185 Å². The number of benzene rings is 2. The average molecular weight is 435 g/mol. The molecule has 9 nitrogen and oxygen atoms in total. The molecule has 2 aromatic rings. The monoisotopic (exact) mass is 435 g/mol. The van der Waals surface area contributed by atoms with Crippen molar-refractivity contribution in [3.63, 3.8) is 0 Å². The van der Waals surface area contributed by atoms with Crippen LogP contribution in [0, 0.1) is 5.92 Å². The number of nitrogens with one attached hydrogen (secondary N) is 3. The van der Waals surface area contributed by atoms with Gasteiger partial charge in [0.25, 0.3) is 0 Å². The Hall–Kier alpha value is -3.88. The Balaban J connectivity index is 1.34. The summed E-state index contributed by atoms with van der Waals surface area (Å²) in [4.78, 5) is 51.8. The highest BCUT2D eigenvalue weighted by atomic mass is 16.2. The lowest BCUT2D eigenvalue weighted by Crippen LogP contribution is -2.45. The molecule has 0 aliphatic carbocycles. The number of hydrogen-bond donors (Lipinski definition) is 3. The fraction of sp³-hybridized carbons (Fsp3) is 0.304. The van der Waals surface area contributed by atoms with Crippen LogP contribution in [0.15, 0.2) is 54.6 Å². The minimum absolute atomic E-state index is 0.00525. The number of imide groups is 1. The molecule has 1 unspecified atom stereocenters. The van der Waals surface area contributed by atoms with E-state index in [1.54, 1.807) is 29.2 Å². The lowest BCUT2D eigenvalue weighted by atomic mass is 9.97. The van der Waals surface area contributed by atoms with Crippen LogP contribution in [-0.2, 0) is 16.1 Å². The smallest absolute Gasteiger partial charge is 0.324 e. The average Bonchev–Trinajstić information content (AvgIpc) is 3.12. The molecule has 3 N–H and O–H groups in total. The van der Waals surface area contributed by atoms with Gasteiger partial charge in [0.2, 0.25) is 11.8 Å². The van der Waals surface area contributed by atoms with Gasteiger partial charge in [-0.1, -0.05) is 30.3 Å². The number of urea groups is 2. The summed E-state index contributed by atoms with van der Waals surface area (Å²) in [6.07, 6.45) is 1.44. The van der Waals surface area contributed by atoms with Gasteiger partial charge in [-0.3, -0.25) is 14.5 Å². The van der Waals surface area contributed by atoms with E-state index in [0.29, 0.717) is 30.9 Å². The van der Waals surface area contributed by atoms with Crippen LogP contribution >= 0.6 is 0 Å². The first-order valence-electron chi connectivity index (χ1n) is 10.6. The van der Waals surface area contributed by atoms with Crippen LogP contribution in [0.3, 0.4) is 0 Å². The molecule has 0 radical (unpaired) electrons. The van der Waals surface area contributed by atoms with Gasteiger partial charge in [0, 0.05) is 24.5 Å². The van der Waals surface area contributed by atoms with Gasteiger partial charge in [-0.15, -0.1) is 0 Å². The van der Waals surface area contributed by atoms with Crippen molar-refractivity contribution >= 4 is 35.3 Å². The van der Waals surface area contributed by atoms with E-state index in [4.69, 9.17) is 0 Å². The molecular weight excluding hydrogens is 410 g/mol. The second-order valence-corrected chi connectivity index (χ2v) is 7.91. The number of piperidine rings is 1. The Morgan fingerprint density at radius 2 is 1.78 bits per heavy atom. The van der Waals surface area contributed by atoms with Crippen LogP contribution in [0.25, 0.3) is 0 Å². The lowest BCUT2D eigenvalue weighted by molar-refractivity contribution is -0.125. The van der Waals surface area contributed by atoms with Crippen molar-refractivity contribution in [2.24, 2.45) is 5.92 Å². The van der Waals surface area contributed by atoms with Crippen molar-refractivity contribution < 1.29 is 19.2 Å². The predicted octanol–water partition coefficient (Wildman–Crippen LogP) is 2.62. The quantitative estimate of drug-likeness (QED) is 0.627. The van der Waals surface area contributed by atoms with E-state index < -0.39 is 6.03 Å². The molecule has 2 aliphatic heterocycles. The molecule has 0 bridgehead atoms. The van der Waals surface area contributed by atoms with Crippen LogP contribution in [0.2, 0.25) is 0 Å². The van der Waals surface area contributed by atoms with E-state index >= 15 is 0 Å². The third-order valence-electron chi connectivity index (χ3n) is 5.58. The fourth-order valence-corrected chi connectivity index (χ4v) is 3.89. The van der Waals surface area contributed by atoms with Crippen LogP contribution in [0.5, 0.6) is 0 Å². The molecule has 6 amide bonds. The minimum Gasteiger partial charge on any atom is -0.329 e. The van der Waals surface area contributed by atoms with E-state index in [1.165, 1.54) is 0 Å². The van der Waals surface area contributed by atoms with E-state index in [9.17, 15) is 19.2 Å². The SMILES string of the molecule is O=C(Nc1cccc(CN2C(=O)CNC2=O)c1)C1CCCN(C(=O)Nc2ccccc2)C1. The molecule has 9 heteroatoms. The van der Waals surface area contributed by atoms with Crippen molar-refractivity contribution in [3.8, 4) is 0 Å². The van der Waals surface area contributed by atoms with Gasteiger partial charge in [0.1, 0.15) is 0 Å². The maximum absolute atomic E-state index is 12.9. The molecule has 2 fully saturated rings. The molecule has 0 spiro atoms. The van der Waals surface area contributed by atoms with Gasteiger partial charge < -0.3 is 20.9 Å². The zero-order valence-corrected chi connectivity index (χ0v) is 17.5. The van der Waals surface area contributed by atoms with E-state index in [0.717, 1.165) is 16.9 Å². The van der Waals surface area contributed by atoms with Gasteiger partial charge in [-0.05, 0) is 42.7 Å². The molecule has 2 saturated heterocycles. The molecule has 1 atom stereocenters. The maximum Gasteiger partial charge on any atom is 0.324 e. The molecule has 166 valence electrons. The number of hydrogen-bond acceptors (Lipinski definition) is 4. The van der Waals surface area contributed by atoms with Crippen LogP contribution in [0.1, 0.15) is 18.4 Å². The number of para-hydroxylation sites is 1. The topological polar surface area (TPSA) is 111 Å². The Morgan fingerprint density at radius 3 is 2.53 bits per heavy atom. The van der Waals surface area contributed by atoms with Gasteiger partial charge in [0.15, 0.2) is 0 Å². The first-order chi connectivity index (χ1) is 15.5. The Kier molecular flexibility index (Phi) is 6.34. The summed E-state index contributed by atoms with van der Waals surface area (Å²) in [7, 11) is 0. The second kappa shape index (κ2) is 9.51. The largest absolute Gasteiger partial charge is 0.329 e. The number of rotatable bonds is 5. The first kappa shape index (κ1) is 21.4. The van der Waals surface area contributed by atoms with Crippen LogP contribution < -0.4 is 16.0 Å². The summed E-state index contributed by atoms with van der Waals surface area (Å²) < 4.78 is 0. The Bertz CT molecular complexity index is 1010. The van der Waals surface area contributed by atoms with E-state index in [2.05, 4.69) is 16.0 Å². The Morgan fingerprint density at radius 1 is 1.00 bits per heavy atom. The molecule has 2 heterocycles. The highest BCUT2D eigenvalue weighted by Gasteiger charge is 2.30. The lowest BCUT2D eigenvalue weighted by Gasteiger charge is -2.32. The maximum atomic E-state index is 12.9. The first-order valence-corrected chi connectivity index (χ1v) is 10.6. The predicted molar refractivity (Wildman–Crippen MR) is 119 cm³/mol. The molecule has 4 rings (SSSR count). The number of amides is 6. The number of likely N-dealkylation sites (tertiary alicyclic amines) is 1. The molecule has 2 aliphatic rings. The third-order valence-corrected chi connectivity index (χ3v) is 5.58. The number of nitrogens with zero attached hydrogens (tertiary/aromatic N) is 2. The van der Waals surface area contributed by atoms with Crippen LogP contribution in [0.4, 0.5) is 21.0 Å². The van der Waals surface area contributed by atoms with Crippen molar-refractivity contribution in [2.75, 3.05) is 30.3 Å². The molecule has 0 aromatic heterocycles. The van der Waals surface area contributed by atoms with Crippen LogP contribution in [-0.4, -0.2) is 53.3 Å².